The number of amidine groups is 1. The predicted octanol–water partition coefficient (Wildman–Crippen LogP) is 10.6. The second-order valence-electron chi connectivity index (χ2n) is 11.6. The number of aliphatic hydroxyl groups is 2. The average molecular weight is 1200 g/mol. The monoisotopic (exact) mass is 1200 g/mol. The molecular formula is C44H47BBr5N6NaO3PS. The van der Waals surface area contributed by atoms with E-state index in [-0.39, 0.29) is 86.2 Å². The SMILES string of the molecule is Br.BrCc1cccc2cnccc12.BrP(Br)Br.C.CCO.N=C(N)SCc1cccc2cnccc12.O=Cc1cccc2cnccc12.OCc1cccc2cnccc12.[B].[H-].[Na+]. The molecule has 8 rings (SSSR count). The zero-order valence-electron chi connectivity index (χ0n) is 34.3. The van der Waals surface area contributed by atoms with Gasteiger partial charge in [0.25, 0.3) is 0 Å². The number of thioether (sulfide) groups is 1. The maximum atomic E-state index is 10.6. The third-order valence-electron chi connectivity index (χ3n) is 7.85. The summed E-state index contributed by atoms with van der Waals surface area (Å²) in [7, 11) is 0. The molecule has 0 amide bonds. The van der Waals surface area contributed by atoms with Gasteiger partial charge in [-0.3, -0.25) is 30.1 Å². The smallest absolute Gasteiger partial charge is 1.00 e. The number of carbonyl (C=O) groups excluding carboxylic acids is 1. The molecule has 0 aliphatic heterocycles. The fourth-order valence-corrected chi connectivity index (χ4v) is 6.41. The molecule has 0 saturated carbocycles. The molecular weight excluding hydrogens is 1160 g/mol. The molecule has 0 saturated heterocycles. The molecule has 62 heavy (non-hydrogen) atoms. The van der Waals surface area contributed by atoms with Crippen LogP contribution in [0.25, 0.3) is 43.1 Å². The van der Waals surface area contributed by atoms with Gasteiger partial charge in [0.1, 0.15) is 4.03 Å². The van der Waals surface area contributed by atoms with Crippen molar-refractivity contribution >= 4 is 158 Å². The molecule has 0 atom stereocenters. The molecule has 0 unspecified atom stereocenters. The molecule has 0 aliphatic rings. The first-order chi connectivity index (χ1) is 28.2. The van der Waals surface area contributed by atoms with Crippen molar-refractivity contribution in [3.63, 3.8) is 0 Å². The number of hydrogen-bond acceptors (Lipinski definition) is 9. The van der Waals surface area contributed by atoms with Crippen molar-refractivity contribution in [1.82, 2.24) is 19.9 Å². The number of nitrogens with zero attached hydrogens (tertiary/aromatic N) is 4. The van der Waals surface area contributed by atoms with E-state index in [0.717, 1.165) is 55.4 Å². The van der Waals surface area contributed by atoms with E-state index >= 15 is 0 Å². The summed E-state index contributed by atoms with van der Waals surface area (Å²) in [5.74, 6) is 0.733. The van der Waals surface area contributed by atoms with Gasteiger partial charge in [-0.15, -0.1) is 17.0 Å². The molecule has 4 heterocycles. The van der Waals surface area contributed by atoms with Crippen molar-refractivity contribution < 1.29 is 46.0 Å². The van der Waals surface area contributed by atoms with Crippen LogP contribution in [-0.2, 0) is 17.7 Å². The van der Waals surface area contributed by atoms with Gasteiger partial charge in [-0.25, -0.2) is 0 Å². The Morgan fingerprint density at radius 1 is 0.694 bits per heavy atom. The summed E-state index contributed by atoms with van der Waals surface area (Å²) in [5.41, 5.74) is 9.49. The maximum absolute atomic E-state index is 10.6. The Hall–Kier alpha value is -2.18. The van der Waals surface area contributed by atoms with Crippen molar-refractivity contribution in [2.45, 2.75) is 32.0 Å². The first kappa shape index (κ1) is 61.9. The number of alkyl halides is 1. The first-order valence-electron chi connectivity index (χ1n) is 17.4. The second-order valence-corrected chi connectivity index (χ2v) is 28.5. The number of halogens is 5. The Kier molecular flexibility index (Phi) is 36.0. The Bertz CT molecular complexity index is 2410. The summed E-state index contributed by atoms with van der Waals surface area (Å²) in [6, 6.07) is 31.6. The fourth-order valence-electron chi connectivity index (χ4n) is 5.36. The van der Waals surface area contributed by atoms with Gasteiger partial charge >= 0.3 is 29.6 Å². The molecule has 18 heteroatoms. The molecule has 0 spiro atoms. The van der Waals surface area contributed by atoms with E-state index in [4.69, 9.17) is 21.4 Å². The topological polar surface area (TPSA) is 159 Å². The van der Waals surface area contributed by atoms with Crippen LogP contribution < -0.4 is 35.3 Å². The minimum atomic E-state index is -0.183. The number of aldehydes is 1. The zero-order valence-corrected chi connectivity index (χ0v) is 45.1. The van der Waals surface area contributed by atoms with E-state index in [1.807, 2.05) is 85.3 Å². The van der Waals surface area contributed by atoms with Gasteiger partial charge in [-0.2, -0.15) is 0 Å². The zero-order chi connectivity index (χ0) is 42.1. The summed E-state index contributed by atoms with van der Waals surface area (Å²) in [5, 5.41) is 33.7. The number of benzene rings is 4. The van der Waals surface area contributed by atoms with Crippen LogP contribution in [0, 0.1) is 5.41 Å². The third-order valence-corrected chi connectivity index (χ3v) is 9.22. The van der Waals surface area contributed by atoms with Crippen LogP contribution >= 0.6 is 95.2 Å². The van der Waals surface area contributed by atoms with Crippen LogP contribution in [0.5, 0.6) is 0 Å². The van der Waals surface area contributed by atoms with Crippen molar-refractivity contribution in [2.24, 2.45) is 5.73 Å². The van der Waals surface area contributed by atoms with Crippen LogP contribution in [-0.4, -0.2) is 56.6 Å². The van der Waals surface area contributed by atoms with Gasteiger partial charge < -0.3 is 17.4 Å². The van der Waals surface area contributed by atoms with Crippen molar-refractivity contribution in [2.75, 3.05) is 6.61 Å². The molecule has 5 N–H and O–H groups in total. The van der Waals surface area contributed by atoms with Gasteiger partial charge in [0.2, 0.25) is 0 Å². The number of pyridine rings is 4. The van der Waals surface area contributed by atoms with Crippen molar-refractivity contribution in [3.05, 3.63) is 169 Å². The Morgan fingerprint density at radius 2 is 1.03 bits per heavy atom. The number of fused-ring (bicyclic) bond motifs is 4. The van der Waals surface area contributed by atoms with Crippen molar-refractivity contribution in [1.29, 1.82) is 5.41 Å². The molecule has 0 aliphatic carbocycles. The van der Waals surface area contributed by atoms with Crippen LogP contribution in [0.1, 0.15) is 42.8 Å². The van der Waals surface area contributed by atoms with Gasteiger partial charge in [0.15, 0.2) is 11.5 Å². The first-order valence-corrected chi connectivity index (χ1v) is 26.9. The summed E-state index contributed by atoms with van der Waals surface area (Å²) in [4.78, 5) is 26.7. The molecule has 8 aromatic rings. The molecule has 9 nitrogen and oxygen atoms in total. The van der Waals surface area contributed by atoms with Gasteiger partial charge in [0, 0.05) is 103 Å². The summed E-state index contributed by atoms with van der Waals surface area (Å²) in [6.45, 7) is 2.02. The van der Waals surface area contributed by atoms with E-state index in [1.54, 1.807) is 44.0 Å². The summed E-state index contributed by atoms with van der Waals surface area (Å²) >= 11 is 14.3. The number of hydrogen-bond donors (Lipinski definition) is 4. The minimum Gasteiger partial charge on any atom is -1.00 e. The standard InChI is InChI=1S/C11H11N3S.C10H8BrN.C10H9NO.C10H7NO.C2H6O.CH4.B.Br3P.BrH.Na.H/c12-11(13)15-7-9-3-1-2-8-6-14-5-4-10(8)9;11-6-8-2-1-3-9-7-12-5-4-10(8)9;2*12-7-9-3-1-2-8-6-11-5-4-10(8)9;1-2-3;;;1-4(2)3;;;/h1-6H,7H2,(H3,12,13);1-5,7H,6H2;1-6,12H,7H2;1-7H;3H,2H2,1H3;1H4;;;1H;;/q;;;;;;;;;+1;-1. The summed E-state index contributed by atoms with van der Waals surface area (Å²) in [6.07, 6.45) is 15.2. The second kappa shape index (κ2) is 36.1. The van der Waals surface area contributed by atoms with Crippen LogP contribution in [0.3, 0.4) is 0 Å². The average Bonchev–Trinajstić information content (AvgIpc) is 3.25. The number of nitrogens with one attached hydrogen (secondary N) is 1. The number of rotatable bonds is 5. The van der Waals surface area contributed by atoms with Crippen LogP contribution in [0.2, 0.25) is 0 Å². The number of nitrogens with two attached hydrogens (primary N) is 1. The quantitative estimate of drug-likeness (QED) is 0.0329. The van der Waals surface area contributed by atoms with E-state index in [2.05, 4.69) is 107 Å². The fraction of sp³-hybridized carbons (Fsp3) is 0.136. The molecule has 0 fully saturated rings. The molecule has 0 bridgehead atoms. The van der Waals surface area contributed by atoms with E-state index in [9.17, 15) is 4.79 Å². The summed E-state index contributed by atoms with van der Waals surface area (Å²) < 4.78 is -0.183. The van der Waals surface area contributed by atoms with E-state index in [0.29, 0.717) is 0 Å². The molecule has 321 valence electrons. The molecule has 4 aromatic carbocycles. The number of aromatic nitrogens is 4. The molecule has 4 aromatic heterocycles. The van der Waals surface area contributed by atoms with Crippen LogP contribution in [0.4, 0.5) is 0 Å². The normalized spacial score (nSPS) is 9.35. The molecule has 3 radical (unpaired) electrons. The van der Waals surface area contributed by atoms with E-state index < -0.39 is 0 Å². The van der Waals surface area contributed by atoms with Gasteiger partial charge in [-0.1, -0.05) is 108 Å². The van der Waals surface area contributed by atoms with Crippen molar-refractivity contribution in [3.8, 4) is 0 Å². The Labute approximate surface area is 438 Å². The van der Waals surface area contributed by atoms with Gasteiger partial charge in [0.05, 0.1) is 6.61 Å². The van der Waals surface area contributed by atoms with E-state index in [1.165, 1.54) is 39.0 Å². The number of carbonyl (C=O) groups is 1. The predicted molar refractivity (Wildman–Crippen MR) is 285 cm³/mol. The minimum absolute atomic E-state index is 0. The Balaban J connectivity index is -0.000000709. The number of aliphatic hydroxyl groups excluding tert-OH is 2. The van der Waals surface area contributed by atoms with Crippen LogP contribution in [0.15, 0.2) is 147 Å². The maximum Gasteiger partial charge on any atom is 1.00 e. The largest absolute Gasteiger partial charge is 1.00 e. The third kappa shape index (κ3) is 21.7. The van der Waals surface area contributed by atoms with Gasteiger partial charge in [-0.05, 0) is 116 Å². The Morgan fingerprint density at radius 3 is 1.42 bits per heavy atom.